The molecule has 0 saturated carbocycles. The molecule has 0 aromatic carbocycles. The molecule has 5 heteroatoms. The van der Waals surface area contributed by atoms with E-state index >= 15 is 0 Å². The van der Waals surface area contributed by atoms with Gasteiger partial charge < -0.3 is 15.0 Å². The highest BCUT2D eigenvalue weighted by atomic mass is 16.5. The number of esters is 1. The number of rotatable bonds is 5. The Morgan fingerprint density at radius 2 is 2.13 bits per heavy atom. The van der Waals surface area contributed by atoms with Crippen LogP contribution in [0.1, 0.15) is 13.8 Å². The van der Waals surface area contributed by atoms with Crippen molar-refractivity contribution in [1.82, 2.24) is 10.2 Å². The van der Waals surface area contributed by atoms with Crippen molar-refractivity contribution >= 4 is 12.0 Å². The zero-order valence-electron chi connectivity index (χ0n) is 9.08. The van der Waals surface area contributed by atoms with Gasteiger partial charge in [-0.3, -0.25) is 4.79 Å². The minimum Gasteiger partial charge on any atom is -0.465 e. The van der Waals surface area contributed by atoms with Gasteiger partial charge in [-0.15, -0.1) is 6.42 Å². The van der Waals surface area contributed by atoms with Gasteiger partial charge in [0, 0.05) is 6.54 Å². The Kier molecular flexibility index (Phi) is 6.81. The topological polar surface area (TPSA) is 58.6 Å². The van der Waals surface area contributed by atoms with E-state index < -0.39 is 5.97 Å². The Labute approximate surface area is 89.8 Å². The van der Waals surface area contributed by atoms with Gasteiger partial charge in [0.2, 0.25) is 0 Å². The average molecular weight is 212 g/mol. The van der Waals surface area contributed by atoms with E-state index in [1.807, 2.05) is 0 Å². The fourth-order valence-electron chi connectivity index (χ4n) is 0.909. The number of nitrogens with one attached hydrogen (secondary N) is 1. The van der Waals surface area contributed by atoms with E-state index in [2.05, 4.69) is 16.0 Å². The molecular formula is C10H16N2O3. The van der Waals surface area contributed by atoms with Crippen molar-refractivity contribution in [2.75, 3.05) is 26.2 Å². The number of carbonyl (C=O) groups excluding carboxylic acids is 2. The van der Waals surface area contributed by atoms with Crippen molar-refractivity contribution in [3.8, 4) is 12.3 Å². The molecule has 0 unspecified atom stereocenters. The van der Waals surface area contributed by atoms with Gasteiger partial charge in [-0.25, -0.2) is 4.79 Å². The van der Waals surface area contributed by atoms with Crippen molar-refractivity contribution in [3.63, 3.8) is 0 Å². The third-order valence-electron chi connectivity index (χ3n) is 1.64. The van der Waals surface area contributed by atoms with Gasteiger partial charge >= 0.3 is 12.0 Å². The summed E-state index contributed by atoms with van der Waals surface area (Å²) in [6.45, 7) is 4.41. The molecule has 1 N–H and O–H groups in total. The van der Waals surface area contributed by atoms with Crippen LogP contribution in [-0.4, -0.2) is 43.1 Å². The summed E-state index contributed by atoms with van der Waals surface area (Å²) < 4.78 is 4.65. The molecule has 15 heavy (non-hydrogen) atoms. The van der Waals surface area contributed by atoms with Crippen molar-refractivity contribution in [2.45, 2.75) is 13.8 Å². The van der Waals surface area contributed by atoms with Crippen molar-refractivity contribution < 1.29 is 14.3 Å². The molecule has 0 atom stereocenters. The standard InChI is InChI=1S/C10H16N2O3/c1-4-7-12(5-2)10(14)11-8-9(13)15-6-3/h1H,5-8H2,2-3H3,(H,11,14). The molecule has 0 radical (unpaired) electrons. The summed E-state index contributed by atoms with van der Waals surface area (Å²) in [6.07, 6.45) is 5.08. The quantitative estimate of drug-likeness (QED) is 0.523. The summed E-state index contributed by atoms with van der Waals surface area (Å²) in [5.41, 5.74) is 0. The smallest absolute Gasteiger partial charge is 0.325 e. The van der Waals surface area contributed by atoms with Crippen LogP contribution >= 0.6 is 0 Å². The van der Waals surface area contributed by atoms with Crippen LogP contribution in [-0.2, 0) is 9.53 Å². The summed E-state index contributed by atoms with van der Waals surface area (Å²) in [6, 6.07) is -0.358. The third kappa shape index (κ3) is 5.57. The molecule has 0 rings (SSSR count). The Morgan fingerprint density at radius 1 is 1.47 bits per heavy atom. The first-order valence-corrected chi connectivity index (χ1v) is 4.77. The lowest BCUT2D eigenvalue weighted by Crippen LogP contribution is -2.42. The molecule has 0 aliphatic carbocycles. The lowest BCUT2D eigenvalue weighted by atomic mass is 10.5. The lowest BCUT2D eigenvalue weighted by Gasteiger charge is -2.18. The summed E-state index contributed by atoms with van der Waals surface area (Å²) in [7, 11) is 0. The molecule has 84 valence electrons. The summed E-state index contributed by atoms with van der Waals surface area (Å²) in [4.78, 5) is 23.7. The third-order valence-corrected chi connectivity index (χ3v) is 1.64. The number of carbonyl (C=O) groups is 2. The SMILES string of the molecule is C#CCN(CC)C(=O)NCC(=O)OCC. The second-order valence-electron chi connectivity index (χ2n) is 2.68. The van der Waals surface area contributed by atoms with Gasteiger partial charge in [-0.1, -0.05) is 5.92 Å². The molecule has 0 spiro atoms. The summed E-state index contributed by atoms with van der Waals surface area (Å²) >= 11 is 0. The minimum absolute atomic E-state index is 0.131. The normalized spacial score (nSPS) is 8.87. The van der Waals surface area contributed by atoms with E-state index in [4.69, 9.17) is 6.42 Å². The van der Waals surface area contributed by atoms with Gasteiger partial charge in [-0.2, -0.15) is 0 Å². The van der Waals surface area contributed by atoms with Crippen molar-refractivity contribution in [3.05, 3.63) is 0 Å². The van der Waals surface area contributed by atoms with E-state index in [-0.39, 0.29) is 19.1 Å². The van der Waals surface area contributed by atoms with Crippen molar-refractivity contribution in [1.29, 1.82) is 0 Å². The van der Waals surface area contributed by atoms with Crippen LogP contribution in [0.3, 0.4) is 0 Å². The maximum absolute atomic E-state index is 11.4. The highest BCUT2D eigenvalue weighted by Gasteiger charge is 2.11. The molecule has 5 nitrogen and oxygen atoms in total. The number of amides is 2. The van der Waals surface area contributed by atoms with Crippen LogP contribution < -0.4 is 5.32 Å². The number of nitrogens with zero attached hydrogens (tertiary/aromatic N) is 1. The predicted octanol–water partition coefficient (Wildman–Crippen LogP) is 0.214. The predicted molar refractivity (Wildman–Crippen MR) is 56.1 cm³/mol. The first-order valence-electron chi connectivity index (χ1n) is 4.77. The number of terminal acetylenes is 1. The fraction of sp³-hybridized carbons (Fsp3) is 0.600. The molecule has 0 aliphatic heterocycles. The van der Waals surface area contributed by atoms with Gasteiger partial charge in [0.25, 0.3) is 0 Å². The van der Waals surface area contributed by atoms with Crippen LogP contribution in [0.25, 0.3) is 0 Å². The average Bonchev–Trinajstić information content (AvgIpc) is 2.23. The van der Waals surface area contributed by atoms with Crippen LogP contribution in [0.15, 0.2) is 0 Å². The molecule has 0 saturated heterocycles. The maximum atomic E-state index is 11.4. The molecule has 0 aromatic heterocycles. The molecular weight excluding hydrogens is 196 g/mol. The highest BCUT2D eigenvalue weighted by Crippen LogP contribution is 1.87. The highest BCUT2D eigenvalue weighted by molar-refractivity contribution is 5.80. The molecule has 0 heterocycles. The van der Waals surface area contributed by atoms with Gasteiger partial charge in [0.1, 0.15) is 6.54 Å². The molecule has 0 fully saturated rings. The first-order chi connectivity index (χ1) is 7.15. The minimum atomic E-state index is -0.456. The van der Waals surface area contributed by atoms with E-state index in [1.54, 1.807) is 13.8 Å². The largest absolute Gasteiger partial charge is 0.465 e. The van der Waals surface area contributed by atoms with Gasteiger partial charge in [0.15, 0.2) is 0 Å². The second-order valence-corrected chi connectivity index (χ2v) is 2.68. The fourth-order valence-corrected chi connectivity index (χ4v) is 0.909. The first kappa shape index (κ1) is 13.3. The van der Waals surface area contributed by atoms with Crippen molar-refractivity contribution in [2.24, 2.45) is 0 Å². The Balaban J connectivity index is 3.91. The monoisotopic (exact) mass is 212 g/mol. The molecule has 0 bridgehead atoms. The number of ether oxygens (including phenoxy) is 1. The Morgan fingerprint density at radius 3 is 2.60 bits per heavy atom. The van der Waals surface area contributed by atoms with Crippen LogP contribution in [0.2, 0.25) is 0 Å². The van der Waals surface area contributed by atoms with E-state index in [1.165, 1.54) is 4.90 Å². The van der Waals surface area contributed by atoms with E-state index in [0.717, 1.165) is 0 Å². The second kappa shape index (κ2) is 7.68. The number of hydrogen-bond acceptors (Lipinski definition) is 3. The Bertz CT molecular complexity index is 258. The zero-order valence-corrected chi connectivity index (χ0v) is 9.08. The number of hydrogen-bond donors (Lipinski definition) is 1. The molecule has 2 amide bonds. The summed E-state index contributed by atoms with van der Waals surface area (Å²) in [5, 5.41) is 2.42. The van der Waals surface area contributed by atoms with Gasteiger partial charge in [-0.05, 0) is 13.8 Å². The lowest BCUT2D eigenvalue weighted by molar-refractivity contribution is -0.141. The Hall–Kier alpha value is -1.70. The molecule has 0 aromatic rings. The summed E-state index contributed by atoms with van der Waals surface area (Å²) in [5.74, 6) is 1.91. The van der Waals surface area contributed by atoms with Crippen LogP contribution in [0.5, 0.6) is 0 Å². The maximum Gasteiger partial charge on any atom is 0.325 e. The van der Waals surface area contributed by atoms with E-state index in [9.17, 15) is 9.59 Å². The van der Waals surface area contributed by atoms with Gasteiger partial charge in [0.05, 0.1) is 13.2 Å². The van der Waals surface area contributed by atoms with E-state index in [0.29, 0.717) is 13.2 Å². The number of urea groups is 1. The van der Waals surface area contributed by atoms with Crippen LogP contribution in [0, 0.1) is 12.3 Å². The molecule has 0 aliphatic rings. The zero-order chi connectivity index (χ0) is 11.7. The van der Waals surface area contributed by atoms with Crippen LogP contribution in [0.4, 0.5) is 4.79 Å².